The number of para-hydroxylation sites is 1. The molecule has 34 heavy (non-hydrogen) atoms. The standard InChI is InChI=1S/C28H30FNO4/c1-17(2)34-26(33)16-22(32)15-21(31)13-14-24-27(18-9-11-20(29)12-10-18)23-5-3-4-6-25(23)30-28(24)19-7-8-19/h3-6,9-14,17,19,21-22,31-32H,7-8,15-16H2,1-2H3/t21-,22-/m1/s1. The molecule has 1 aliphatic carbocycles. The summed E-state index contributed by atoms with van der Waals surface area (Å²) in [6, 6.07) is 14.3. The molecular weight excluding hydrogens is 433 g/mol. The van der Waals surface area contributed by atoms with Crippen LogP contribution in [0.25, 0.3) is 28.1 Å². The molecule has 2 N–H and O–H groups in total. The highest BCUT2D eigenvalue weighted by Gasteiger charge is 2.29. The molecule has 0 aliphatic heterocycles. The molecule has 3 aromatic rings. The Kier molecular flexibility index (Phi) is 7.39. The van der Waals surface area contributed by atoms with Gasteiger partial charge in [0, 0.05) is 28.9 Å². The Morgan fingerprint density at radius 1 is 1.15 bits per heavy atom. The Hall–Kier alpha value is -3.09. The molecule has 2 atom stereocenters. The summed E-state index contributed by atoms with van der Waals surface area (Å²) >= 11 is 0. The van der Waals surface area contributed by atoms with Crippen molar-refractivity contribution < 1.29 is 24.1 Å². The number of carbonyl (C=O) groups is 1. The fourth-order valence-electron chi connectivity index (χ4n) is 4.16. The van der Waals surface area contributed by atoms with E-state index in [1.807, 2.05) is 30.3 Å². The maximum Gasteiger partial charge on any atom is 0.308 e. The molecule has 0 amide bonds. The first-order valence-corrected chi connectivity index (χ1v) is 11.7. The summed E-state index contributed by atoms with van der Waals surface area (Å²) in [6.07, 6.45) is 3.18. The maximum atomic E-state index is 13.7. The number of aliphatic hydroxyl groups excluding tert-OH is 2. The van der Waals surface area contributed by atoms with Crippen LogP contribution in [0.4, 0.5) is 4.39 Å². The van der Waals surface area contributed by atoms with E-state index in [1.165, 1.54) is 12.1 Å². The minimum Gasteiger partial charge on any atom is -0.463 e. The predicted molar refractivity (Wildman–Crippen MR) is 131 cm³/mol. The van der Waals surface area contributed by atoms with Crippen LogP contribution in [-0.2, 0) is 9.53 Å². The number of aliphatic hydroxyl groups is 2. The monoisotopic (exact) mass is 463 g/mol. The van der Waals surface area contributed by atoms with Gasteiger partial charge in [-0.25, -0.2) is 4.39 Å². The minimum atomic E-state index is -1.01. The van der Waals surface area contributed by atoms with E-state index < -0.39 is 18.2 Å². The topological polar surface area (TPSA) is 79.7 Å². The number of aromatic nitrogens is 1. The Bertz CT molecular complexity index is 1180. The lowest BCUT2D eigenvalue weighted by Gasteiger charge is -2.17. The van der Waals surface area contributed by atoms with E-state index in [0.29, 0.717) is 5.92 Å². The SMILES string of the molecule is CC(C)OC(=O)C[C@H](O)C[C@H](O)C=Cc1c(C2CC2)nc2ccccc2c1-c1ccc(F)cc1. The highest BCUT2D eigenvalue weighted by molar-refractivity contribution is 5.99. The number of nitrogens with zero attached hydrogens (tertiary/aromatic N) is 1. The third kappa shape index (κ3) is 5.88. The molecule has 1 heterocycles. The third-order valence-corrected chi connectivity index (χ3v) is 5.82. The van der Waals surface area contributed by atoms with Crippen LogP contribution in [-0.4, -0.2) is 39.5 Å². The Labute approximate surface area is 198 Å². The fourth-order valence-corrected chi connectivity index (χ4v) is 4.16. The van der Waals surface area contributed by atoms with Gasteiger partial charge in [0.1, 0.15) is 5.82 Å². The van der Waals surface area contributed by atoms with Crippen molar-refractivity contribution in [2.75, 3.05) is 0 Å². The van der Waals surface area contributed by atoms with E-state index in [1.54, 1.807) is 32.1 Å². The summed E-state index contributed by atoms with van der Waals surface area (Å²) in [5.41, 5.74) is 4.54. The van der Waals surface area contributed by atoms with Gasteiger partial charge < -0.3 is 14.9 Å². The molecule has 1 fully saturated rings. The fraction of sp³-hybridized carbons (Fsp3) is 0.357. The molecule has 178 valence electrons. The van der Waals surface area contributed by atoms with Crippen LogP contribution < -0.4 is 0 Å². The zero-order valence-corrected chi connectivity index (χ0v) is 19.4. The Morgan fingerprint density at radius 3 is 2.53 bits per heavy atom. The number of ether oxygens (including phenoxy) is 1. The van der Waals surface area contributed by atoms with Crippen molar-refractivity contribution in [2.24, 2.45) is 0 Å². The zero-order valence-electron chi connectivity index (χ0n) is 19.4. The van der Waals surface area contributed by atoms with Gasteiger partial charge in [-0.3, -0.25) is 9.78 Å². The molecule has 5 nitrogen and oxygen atoms in total. The van der Waals surface area contributed by atoms with Crippen LogP contribution in [0, 0.1) is 5.82 Å². The molecule has 0 saturated heterocycles. The molecule has 0 bridgehead atoms. The van der Waals surface area contributed by atoms with Crippen molar-refractivity contribution in [1.82, 2.24) is 4.98 Å². The molecule has 1 saturated carbocycles. The van der Waals surface area contributed by atoms with Crippen LogP contribution in [0.3, 0.4) is 0 Å². The molecular formula is C28H30FNO4. The number of halogens is 1. The summed E-state index contributed by atoms with van der Waals surface area (Å²) in [6.45, 7) is 3.49. The van der Waals surface area contributed by atoms with Gasteiger partial charge in [0.15, 0.2) is 0 Å². The first-order valence-electron chi connectivity index (χ1n) is 11.7. The number of pyridine rings is 1. The quantitative estimate of drug-likeness (QED) is 0.416. The maximum absolute atomic E-state index is 13.7. The van der Waals surface area contributed by atoms with E-state index in [0.717, 1.165) is 46.1 Å². The van der Waals surface area contributed by atoms with Gasteiger partial charge in [0.05, 0.1) is 35.9 Å². The van der Waals surface area contributed by atoms with Crippen molar-refractivity contribution in [2.45, 2.75) is 63.8 Å². The van der Waals surface area contributed by atoms with Crippen molar-refractivity contribution in [3.8, 4) is 11.1 Å². The molecule has 6 heteroatoms. The van der Waals surface area contributed by atoms with Crippen LogP contribution >= 0.6 is 0 Å². The second-order valence-electron chi connectivity index (χ2n) is 9.14. The second kappa shape index (κ2) is 10.5. The summed E-state index contributed by atoms with van der Waals surface area (Å²) in [5.74, 6) is -0.453. The van der Waals surface area contributed by atoms with Crippen LogP contribution in [0.1, 0.15) is 56.7 Å². The first kappa shape index (κ1) is 24.0. The highest BCUT2D eigenvalue weighted by atomic mass is 19.1. The third-order valence-electron chi connectivity index (χ3n) is 5.82. The lowest BCUT2D eigenvalue weighted by Crippen LogP contribution is -2.22. The minimum absolute atomic E-state index is 0.00927. The molecule has 0 spiro atoms. The van der Waals surface area contributed by atoms with Crippen molar-refractivity contribution in [3.63, 3.8) is 0 Å². The average Bonchev–Trinajstić information content (AvgIpc) is 3.62. The smallest absolute Gasteiger partial charge is 0.308 e. The Morgan fingerprint density at radius 2 is 1.85 bits per heavy atom. The molecule has 0 unspecified atom stereocenters. The molecule has 2 aromatic carbocycles. The predicted octanol–water partition coefficient (Wildman–Crippen LogP) is 5.39. The number of benzene rings is 2. The van der Waals surface area contributed by atoms with Gasteiger partial charge in [-0.15, -0.1) is 0 Å². The van der Waals surface area contributed by atoms with Crippen LogP contribution in [0.2, 0.25) is 0 Å². The molecule has 1 aromatic heterocycles. The number of hydrogen-bond donors (Lipinski definition) is 2. The van der Waals surface area contributed by atoms with E-state index in [4.69, 9.17) is 9.72 Å². The van der Waals surface area contributed by atoms with Crippen molar-refractivity contribution in [3.05, 3.63) is 71.7 Å². The van der Waals surface area contributed by atoms with E-state index in [-0.39, 0.29) is 24.8 Å². The average molecular weight is 464 g/mol. The first-order chi connectivity index (χ1) is 16.3. The molecule has 0 radical (unpaired) electrons. The number of hydrogen-bond acceptors (Lipinski definition) is 5. The summed E-state index contributed by atoms with van der Waals surface area (Å²) in [5, 5.41) is 21.7. The molecule has 4 rings (SSSR count). The van der Waals surface area contributed by atoms with Crippen LogP contribution in [0.5, 0.6) is 0 Å². The van der Waals surface area contributed by atoms with Gasteiger partial charge in [-0.2, -0.15) is 0 Å². The van der Waals surface area contributed by atoms with Gasteiger partial charge >= 0.3 is 5.97 Å². The summed E-state index contributed by atoms with van der Waals surface area (Å²) in [7, 11) is 0. The summed E-state index contributed by atoms with van der Waals surface area (Å²) < 4.78 is 18.7. The second-order valence-corrected chi connectivity index (χ2v) is 9.14. The number of fused-ring (bicyclic) bond motifs is 1. The van der Waals surface area contributed by atoms with E-state index >= 15 is 0 Å². The van der Waals surface area contributed by atoms with Gasteiger partial charge in [0.2, 0.25) is 0 Å². The lowest BCUT2D eigenvalue weighted by molar-refractivity contribution is -0.149. The molecule has 1 aliphatic rings. The number of carbonyl (C=O) groups excluding carboxylic acids is 1. The number of esters is 1. The van der Waals surface area contributed by atoms with Gasteiger partial charge in [-0.1, -0.05) is 42.5 Å². The van der Waals surface area contributed by atoms with E-state index in [9.17, 15) is 19.4 Å². The van der Waals surface area contributed by atoms with E-state index in [2.05, 4.69) is 0 Å². The largest absolute Gasteiger partial charge is 0.463 e. The Balaban J connectivity index is 1.66. The van der Waals surface area contributed by atoms with Crippen LogP contribution in [0.15, 0.2) is 54.6 Å². The lowest BCUT2D eigenvalue weighted by atomic mass is 9.92. The van der Waals surface area contributed by atoms with Crippen molar-refractivity contribution in [1.29, 1.82) is 0 Å². The zero-order chi connectivity index (χ0) is 24.2. The normalized spacial score (nSPS) is 15.7. The van der Waals surface area contributed by atoms with Crippen molar-refractivity contribution >= 4 is 22.9 Å². The number of rotatable bonds is 9. The van der Waals surface area contributed by atoms with Gasteiger partial charge in [-0.05, 0) is 50.5 Å². The summed E-state index contributed by atoms with van der Waals surface area (Å²) in [4.78, 5) is 16.7. The van der Waals surface area contributed by atoms with Gasteiger partial charge in [0.25, 0.3) is 0 Å². The highest BCUT2D eigenvalue weighted by Crippen LogP contribution is 2.45.